The summed E-state index contributed by atoms with van der Waals surface area (Å²) < 4.78 is 0. The molecule has 2 aromatic carbocycles. The van der Waals surface area contributed by atoms with Crippen molar-refractivity contribution in [1.82, 2.24) is 9.97 Å². The molecule has 0 bridgehead atoms. The number of carboxylic acid groups (broad SMARTS) is 1. The lowest BCUT2D eigenvalue weighted by molar-refractivity contribution is 0.0697. The van der Waals surface area contributed by atoms with E-state index >= 15 is 0 Å². The Kier molecular flexibility index (Phi) is 3.58. The van der Waals surface area contributed by atoms with Gasteiger partial charge in [-0.25, -0.2) is 14.8 Å². The SMILES string of the molecule is Cc1nc2ccccc2nc1Sc1ccc(C(=O)O)cc1. The molecule has 4 nitrogen and oxygen atoms in total. The predicted octanol–water partition coefficient (Wildman–Crippen LogP) is 3.79. The number of hydrogen-bond acceptors (Lipinski definition) is 4. The summed E-state index contributed by atoms with van der Waals surface area (Å²) in [4.78, 5) is 20.9. The molecule has 1 aromatic heterocycles. The molecule has 21 heavy (non-hydrogen) atoms. The van der Waals surface area contributed by atoms with Crippen LogP contribution in [0.1, 0.15) is 16.1 Å². The molecule has 3 rings (SSSR count). The van der Waals surface area contributed by atoms with Gasteiger partial charge in [-0.05, 0) is 43.3 Å². The highest BCUT2D eigenvalue weighted by atomic mass is 32.2. The molecule has 104 valence electrons. The van der Waals surface area contributed by atoms with E-state index in [9.17, 15) is 4.79 Å². The normalized spacial score (nSPS) is 10.7. The highest BCUT2D eigenvalue weighted by Gasteiger charge is 2.08. The summed E-state index contributed by atoms with van der Waals surface area (Å²) in [6, 6.07) is 14.5. The predicted molar refractivity (Wildman–Crippen MR) is 81.8 cm³/mol. The summed E-state index contributed by atoms with van der Waals surface area (Å²) in [6.07, 6.45) is 0. The summed E-state index contributed by atoms with van der Waals surface area (Å²) in [6.45, 7) is 1.92. The van der Waals surface area contributed by atoms with Gasteiger partial charge in [-0.1, -0.05) is 23.9 Å². The Balaban J connectivity index is 1.93. The van der Waals surface area contributed by atoms with E-state index < -0.39 is 5.97 Å². The van der Waals surface area contributed by atoms with Crippen LogP contribution in [0.25, 0.3) is 11.0 Å². The molecule has 0 fully saturated rings. The van der Waals surface area contributed by atoms with Crippen LogP contribution in [0.4, 0.5) is 0 Å². The third-order valence-corrected chi connectivity index (χ3v) is 4.11. The van der Waals surface area contributed by atoms with Crippen LogP contribution in [0, 0.1) is 6.92 Å². The molecule has 0 saturated carbocycles. The third kappa shape index (κ3) is 2.87. The molecule has 0 atom stereocenters. The highest BCUT2D eigenvalue weighted by Crippen LogP contribution is 2.29. The number of aromatic carboxylic acids is 1. The monoisotopic (exact) mass is 296 g/mol. The van der Waals surface area contributed by atoms with Crippen LogP contribution in [0.15, 0.2) is 58.5 Å². The lowest BCUT2D eigenvalue weighted by Crippen LogP contribution is -1.95. The minimum absolute atomic E-state index is 0.278. The Hall–Kier alpha value is -2.40. The number of nitrogens with zero attached hydrogens (tertiary/aromatic N) is 2. The van der Waals surface area contributed by atoms with Crippen molar-refractivity contribution in [2.75, 3.05) is 0 Å². The van der Waals surface area contributed by atoms with Gasteiger partial charge in [-0.15, -0.1) is 0 Å². The van der Waals surface area contributed by atoms with Crippen LogP contribution in [0.5, 0.6) is 0 Å². The number of fused-ring (bicyclic) bond motifs is 1. The highest BCUT2D eigenvalue weighted by molar-refractivity contribution is 7.99. The van der Waals surface area contributed by atoms with Crippen LogP contribution >= 0.6 is 11.8 Å². The second-order valence-corrected chi connectivity index (χ2v) is 5.60. The first-order chi connectivity index (χ1) is 10.1. The van der Waals surface area contributed by atoms with Crippen LogP contribution in [-0.2, 0) is 0 Å². The fourth-order valence-electron chi connectivity index (χ4n) is 1.95. The molecule has 0 spiro atoms. The molecule has 0 unspecified atom stereocenters. The van der Waals surface area contributed by atoms with E-state index in [1.54, 1.807) is 24.3 Å². The molecule has 0 radical (unpaired) electrons. The van der Waals surface area contributed by atoms with Crippen LogP contribution in [0.2, 0.25) is 0 Å². The van der Waals surface area contributed by atoms with Crippen molar-refractivity contribution in [3.8, 4) is 0 Å². The van der Waals surface area contributed by atoms with Gasteiger partial charge in [0.1, 0.15) is 5.03 Å². The number of carboxylic acids is 1. The van der Waals surface area contributed by atoms with Gasteiger partial charge in [-0.3, -0.25) is 0 Å². The van der Waals surface area contributed by atoms with Gasteiger partial charge in [0.25, 0.3) is 0 Å². The quantitative estimate of drug-likeness (QED) is 0.796. The number of rotatable bonds is 3. The summed E-state index contributed by atoms with van der Waals surface area (Å²) in [7, 11) is 0. The van der Waals surface area contributed by atoms with E-state index in [4.69, 9.17) is 5.11 Å². The van der Waals surface area contributed by atoms with E-state index in [-0.39, 0.29) is 5.56 Å². The van der Waals surface area contributed by atoms with Gasteiger partial charge < -0.3 is 5.11 Å². The maximum Gasteiger partial charge on any atom is 0.335 e. The Morgan fingerprint density at radius 1 is 1.00 bits per heavy atom. The first-order valence-corrected chi connectivity index (χ1v) is 7.20. The van der Waals surface area contributed by atoms with E-state index in [0.29, 0.717) is 0 Å². The summed E-state index contributed by atoms with van der Waals surface area (Å²) in [5.41, 5.74) is 2.87. The Morgan fingerprint density at radius 2 is 1.62 bits per heavy atom. The number of aryl methyl sites for hydroxylation is 1. The first kappa shape index (κ1) is 13.6. The van der Waals surface area contributed by atoms with Crippen molar-refractivity contribution in [2.45, 2.75) is 16.8 Å². The molecular weight excluding hydrogens is 284 g/mol. The Morgan fingerprint density at radius 3 is 2.24 bits per heavy atom. The molecule has 0 aliphatic carbocycles. The zero-order chi connectivity index (χ0) is 14.8. The Bertz CT molecular complexity index is 816. The molecule has 0 aliphatic heterocycles. The van der Waals surface area contributed by atoms with Gasteiger partial charge in [0, 0.05) is 4.90 Å². The van der Waals surface area contributed by atoms with Crippen molar-refractivity contribution >= 4 is 28.8 Å². The maximum absolute atomic E-state index is 10.8. The number of benzene rings is 2. The minimum atomic E-state index is -0.923. The average Bonchev–Trinajstić information content (AvgIpc) is 2.48. The zero-order valence-corrected chi connectivity index (χ0v) is 12.1. The molecule has 0 saturated heterocycles. The van der Waals surface area contributed by atoms with Crippen molar-refractivity contribution in [1.29, 1.82) is 0 Å². The standard InChI is InChI=1S/C16H12N2O2S/c1-10-15(18-14-5-3-2-4-13(14)17-10)21-12-8-6-11(7-9-12)16(19)20/h2-9H,1H3,(H,19,20). The van der Waals surface area contributed by atoms with E-state index in [0.717, 1.165) is 26.6 Å². The van der Waals surface area contributed by atoms with Gasteiger partial charge in [0.2, 0.25) is 0 Å². The van der Waals surface area contributed by atoms with Gasteiger partial charge >= 0.3 is 5.97 Å². The summed E-state index contributed by atoms with van der Waals surface area (Å²) >= 11 is 1.48. The van der Waals surface area contributed by atoms with Gasteiger partial charge in [-0.2, -0.15) is 0 Å². The Labute approximate surface area is 125 Å². The van der Waals surface area contributed by atoms with Crippen molar-refractivity contribution in [3.63, 3.8) is 0 Å². The topological polar surface area (TPSA) is 63.1 Å². The second kappa shape index (κ2) is 5.54. The summed E-state index contributed by atoms with van der Waals surface area (Å²) in [5, 5.41) is 9.73. The van der Waals surface area contributed by atoms with Crippen LogP contribution in [-0.4, -0.2) is 21.0 Å². The fourth-order valence-corrected chi connectivity index (χ4v) is 2.78. The number of carbonyl (C=O) groups is 1. The number of aromatic nitrogens is 2. The lowest BCUT2D eigenvalue weighted by atomic mass is 10.2. The molecule has 0 amide bonds. The molecule has 0 aliphatic rings. The average molecular weight is 296 g/mol. The largest absolute Gasteiger partial charge is 0.478 e. The van der Waals surface area contributed by atoms with Crippen LogP contribution < -0.4 is 0 Å². The molecule has 3 aromatic rings. The van der Waals surface area contributed by atoms with Crippen LogP contribution in [0.3, 0.4) is 0 Å². The maximum atomic E-state index is 10.8. The molecule has 5 heteroatoms. The number of hydrogen-bond donors (Lipinski definition) is 1. The van der Waals surface area contributed by atoms with Crippen molar-refractivity contribution in [2.24, 2.45) is 0 Å². The number of para-hydroxylation sites is 2. The minimum Gasteiger partial charge on any atom is -0.478 e. The third-order valence-electron chi connectivity index (χ3n) is 3.02. The van der Waals surface area contributed by atoms with Gasteiger partial charge in [0.15, 0.2) is 0 Å². The molecule has 1 N–H and O–H groups in total. The summed E-state index contributed by atoms with van der Waals surface area (Å²) in [5.74, 6) is -0.923. The molecule has 1 heterocycles. The van der Waals surface area contributed by atoms with E-state index in [1.807, 2.05) is 31.2 Å². The van der Waals surface area contributed by atoms with E-state index in [1.165, 1.54) is 11.8 Å². The smallest absolute Gasteiger partial charge is 0.335 e. The molecular formula is C16H12N2O2S. The van der Waals surface area contributed by atoms with Crippen molar-refractivity contribution < 1.29 is 9.90 Å². The van der Waals surface area contributed by atoms with Crippen molar-refractivity contribution in [3.05, 3.63) is 59.8 Å². The van der Waals surface area contributed by atoms with E-state index in [2.05, 4.69) is 9.97 Å². The lowest BCUT2D eigenvalue weighted by Gasteiger charge is -2.06. The fraction of sp³-hybridized carbons (Fsp3) is 0.0625. The second-order valence-electron chi connectivity index (χ2n) is 4.53. The van der Waals surface area contributed by atoms with Gasteiger partial charge in [0.05, 0.1) is 22.3 Å². The first-order valence-electron chi connectivity index (χ1n) is 6.38. The zero-order valence-electron chi connectivity index (χ0n) is 11.3.